The highest BCUT2D eigenvalue weighted by molar-refractivity contribution is 9.10. The van der Waals surface area contributed by atoms with Gasteiger partial charge in [-0.3, -0.25) is 14.2 Å². The summed E-state index contributed by atoms with van der Waals surface area (Å²) in [7, 11) is 0. The summed E-state index contributed by atoms with van der Waals surface area (Å²) in [5.74, 6) is -0.495. The van der Waals surface area contributed by atoms with Crippen molar-refractivity contribution in [3.63, 3.8) is 0 Å². The molecule has 0 radical (unpaired) electrons. The summed E-state index contributed by atoms with van der Waals surface area (Å²) in [6.07, 6.45) is 1.29. The molecule has 1 unspecified atom stereocenters. The highest BCUT2D eigenvalue weighted by Crippen LogP contribution is 2.34. The zero-order chi connectivity index (χ0) is 27.1. The van der Waals surface area contributed by atoms with Gasteiger partial charge in [-0.25, -0.2) is 4.79 Å². The number of ether oxygens (including phenoxy) is 2. The Kier molecular flexibility index (Phi) is 9.89. The largest absolute Gasteiger partial charge is 0.483 e. The van der Waals surface area contributed by atoms with E-state index in [1.54, 1.807) is 19.9 Å². The van der Waals surface area contributed by atoms with Crippen LogP contribution in [0.15, 0.2) is 46.5 Å². The number of esters is 1. The SMILES string of the molecule is C=CCn1c(SCC(=O)Nc2sc(C(N)=O)c(C)c2C(=O)OCC)nnc1C(C)Oc1ccc(Br)cc1. The van der Waals surface area contributed by atoms with Gasteiger partial charge in [0.05, 0.1) is 22.8 Å². The van der Waals surface area contributed by atoms with E-state index < -0.39 is 23.9 Å². The molecule has 2 aromatic heterocycles. The van der Waals surface area contributed by atoms with Crippen LogP contribution in [-0.2, 0) is 16.1 Å². The van der Waals surface area contributed by atoms with Crippen molar-refractivity contribution in [3.8, 4) is 5.75 Å². The number of nitrogens with one attached hydrogen (secondary N) is 1. The Bertz CT molecular complexity index is 1310. The third-order valence-electron chi connectivity index (χ3n) is 4.98. The van der Waals surface area contributed by atoms with Gasteiger partial charge in [-0.2, -0.15) is 0 Å². The van der Waals surface area contributed by atoms with Gasteiger partial charge in [-0.05, 0) is 50.6 Å². The lowest BCUT2D eigenvalue weighted by atomic mass is 10.1. The maximum Gasteiger partial charge on any atom is 0.341 e. The lowest BCUT2D eigenvalue weighted by Crippen LogP contribution is -2.17. The normalized spacial score (nSPS) is 11.6. The molecule has 10 nitrogen and oxygen atoms in total. The third-order valence-corrected chi connectivity index (χ3v) is 7.70. The van der Waals surface area contributed by atoms with Gasteiger partial charge in [0, 0.05) is 11.0 Å². The number of allylic oxidation sites excluding steroid dienone is 1. The summed E-state index contributed by atoms with van der Waals surface area (Å²) in [4.78, 5) is 37.2. The number of carbonyl (C=O) groups excluding carboxylic acids is 3. The van der Waals surface area contributed by atoms with Crippen molar-refractivity contribution in [2.45, 2.75) is 38.6 Å². The first kappa shape index (κ1) is 28.4. The number of halogens is 1. The first-order valence-corrected chi connectivity index (χ1v) is 13.7. The molecular formula is C24H26BrN5O5S2. The topological polar surface area (TPSA) is 138 Å². The molecule has 0 bridgehead atoms. The van der Waals surface area contributed by atoms with Crippen LogP contribution in [0.25, 0.3) is 0 Å². The average molecular weight is 609 g/mol. The van der Waals surface area contributed by atoms with Gasteiger partial charge in [0.2, 0.25) is 5.91 Å². The van der Waals surface area contributed by atoms with Gasteiger partial charge in [-0.15, -0.1) is 28.1 Å². The Balaban J connectivity index is 1.74. The molecule has 3 rings (SSSR count). The standard InChI is InChI=1S/C24H26BrN5O5S2/c1-5-11-30-21(14(4)35-16-9-7-15(25)8-10-16)28-29-24(30)36-12-17(31)27-22-18(23(33)34-6-2)13(3)19(37-22)20(26)32/h5,7-10,14H,1,6,11-12H2,2-4H3,(H2,26,32)(H,27,31). The Morgan fingerprint density at radius 3 is 2.62 bits per heavy atom. The number of hydrogen-bond acceptors (Lipinski definition) is 9. The van der Waals surface area contributed by atoms with Crippen LogP contribution in [0.2, 0.25) is 0 Å². The first-order valence-electron chi connectivity index (χ1n) is 11.1. The van der Waals surface area contributed by atoms with Crippen LogP contribution in [0.3, 0.4) is 0 Å². The van der Waals surface area contributed by atoms with Crippen molar-refractivity contribution < 1.29 is 23.9 Å². The molecule has 3 aromatic rings. The molecule has 1 aromatic carbocycles. The van der Waals surface area contributed by atoms with E-state index in [9.17, 15) is 14.4 Å². The second-order valence-corrected chi connectivity index (χ2v) is 10.5. The summed E-state index contributed by atoms with van der Waals surface area (Å²) in [6, 6.07) is 7.45. The number of carbonyl (C=O) groups is 3. The molecule has 0 saturated carbocycles. The van der Waals surface area contributed by atoms with Crippen LogP contribution in [0.4, 0.5) is 5.00 Å². The predicted molar refractivity (Wildman–Crippen MR) is 146 cm³/mol. The monoisotopic (exact) mass is 607 g/mol. The Morgan fingerprint density at radius 2 is 2.00 bits per heavy atom. The number of hydrogen-bond donors (Lipinski definition) is 2. The third kappa shape index (κ3) is 6.99. The van der Waals surface area contributed by atoms with Gasteiger partial charge in [-0.1, -0.05) is 33.8 Å². The van der Waals surface area contributed by atoms with E-state index in [2.05, 4.69) is 38.0 Å². The first-order chi connectivity index (χ1) is 17.7. The van der Waals surface area contributed by atoms with Gasteiger partial charge < -0.3 is 20.5 Å². The average Bonchev–Trinajstić information content (AvgIpc) is 3.40. The van der Waals surface area contributed by atoms with E-state index in [0.717, 1.165) is 15.8 Å². The van der Waals surface area contributed by atoms with E-state index in [0.29, 0.717) is 28.8 Å². The predicted octanol–water partition coefficient (Wildman–Crippen LogP) is 4.74. The number of primary amides is 1. The number of anilines is 1. The molecule has 37 heavy (non-hydrogen) atoms. The van der Waals surface area contributed by atoms with E-state index in [4.69, 9.17) is 15.2 Å². The number of benzene rings is 1. The highest BCUT2D eigenvalue weighted by Gasteiger charge is 2.26. The number of aromatic nitrogens is 3. The van der Waals surface area contributed by atoms with Crippen molar-refractivity contribution >= 4 is 61.8 Å². The van der Waals surface area contributed by atoms with Gasteiger partial charge in [0.15, 0.2) is 17.1 Å². The number of thioether (sulfide) groups is 1. The van der Waals surface area contributed by atoms with Crippen LogP contribution >= 0.6 is 39.0 Å². The van der Waals surface area contributed by atoms with Gasteiger partial charge >= 0.3 is 5.97 Å². The summed E-state index contributed by atoms with van der Waals surface area (Å²) >= 11 is 5.50. The smallest absolute Gasteiger partial charge is 0.341 e. The summed E-state index contributed by atoms with van der Waals surface area (Å²) < 4.78 is 13.8. The Labute approximate surface area is 230 Å². The van der Waals surface area contributed by atoms with Gasteiger partial charge in [0.25, 0.3) is 5.91 Å². The van der Waals surface area contributed by atoms with E-state index >= 15 is 0 Å². The molecular weight excluding hydrogens is 582 g/mol. The van der Waals surface area contributed by atoms with Crippen LogP contribution in [-0.4, -0.2) is 44.9 Å². The van der Waals surface area contributed by atoms with Crippen LogP contribution in [0.5, 0.6) is 5.75 Å². The number of nitrogens with zero attached hydrogens (tertiary/aromatic N) is 3. The molecule has 2 amide bonds. The summed E-state index contributed by atoms with van der Waals surface area (Å²) in [6.45, 7) is 9.48. The fourth-order valence-electron chi connectivity index (χ4n) is 3.36. The maximum atomic E-state index is 12.8. The molecule has 0 aliphatic carbocycles. The fraction of sp³-hybridized carbons (Fsp3) is 0.292. The zero-order valence-electron chi connectivity index (χ0n) is 20.4. The molecule has 2 heterocycles. The number of rotatable bonds is 12. The zero-order valence-corrected chi connectivity index (χ0v) is 23.7. The van der Waals surface area contributed by atoms with Crippen LogP contribution < -0.4 is 15.8 Å². The van der Waals surface area contributed by atoms with Crippen molar-refractivity contribution in [3.05, 3.63) is 63.2 Å². The number of nitrogens with two attached hydrogens (primary N) is 1. The van der Waals surface area contributed by atoms with Crippen molar-refractivity contribution in [2.24, 2.45) is 5.73 Å². The molecule has 0 fully saturated rings. The van der Waals surface area contributed by atoms with Crippen LogP contribution in [0, 0.1) is 6.92 Å². The van der Waals surface area contributed by atoms with Crippen molar-refractivity contribution in [1.82, 2.24) is 14.8 Å². The number of thiophene rings is 1. The Hall–Kier alpha value is -3.16. The highest BCUT2D eigenvalue weighted by atomic mass is 79.9. The lowest BCUT2D eigenvalue weighted by molar-refractivity contribution is -0.113. The minimum Gasteiger partial charge on any atom is -0.483 e. The summed E-state index contributed by atoms with van der Waals surface area (Å²) in [5.41, 5.74) is 5.92. The van der Waals surface area contributed by atoms with E-state index in [1.807, 2.05) is 35.8 Å². The van der Waals surface area contributed by atoms with Gasteiger partial charge in [0.1, 0.15) is 10.8 Å². The molecule has 13 heteroatoms. The minimum absolute atomic E-state index is 0.0255. The minimum atomic E-state index is -0.688. The second-order valence-electron chi connectivity index (χ2n) is 7.64. The van der Waals surface area contributed by atoms with E-state index in [-0.39, 0.29) is 27.8 Å². The second kappa shape index (κ2) is 12.9. The lowest BCUT2D eigenvalue weighted by Gasteiger charge is -2.15. The van der Waals surface area contributed by atoms with Crippen molar-refractivity contribution in [1.29, 1.82) is 0 Å². The molecule has 3 N–H and O–H groups in total. The van der Waals surface area contributed by atoms with Crippen molar-refractivity contribution in [2.75, 3.05) is 17.7 Å². The fourth-order valence-corrected chi connectivity index (χ4v) is 5.44. The summed E-state index contributed by atoms with van der Waals surface area (Å²) in [5, 5.41) is 11.9. The molecule has 0 aliphatic rings. The molecule has 196 valence electrons. The molecule has 1 atom stereocenters. The molecule has 0 saturated heterocycles. The number of amides is 2. The van der Waals surface area contributed by atoms with Crippen LogP contribution in [0.1, 0.15) is 51.4 Å². The van der Waals surface area contributed by atoms with E-state index in [1.165, 1.54) is 11.8 Å². The maximum absolute atomic E-state index is 12.8. The quantitative estimate of drug-likeness (QED) is 0.171. The molecule has 0 aliphatic heterocycles. The Morgan fingerprint density at radius 1 is 1.30 bits per heavy atom. The molecule has 0 spiro atoms.